The quantitative estimate of drug-likeness (QED) is 0.593. The summed E-state index contributed by atoms with van der Waals surface area (Å²) in [7, 11) is 0. The molecule has 3 aromatic rings. The van der Waals surface area contributed by atoms with Gasteiger partial charge in [0.25, 0.3) is 0 Å². The van der Waals surface area contributed by atoms with E-state index in [4.69, 9.17) is 0 Å². The lowest BCUT2D eigenvalue weighted by Gasteiger charge is -2.39. The van der Waals surface area contributed by atoms with Crippen molar-refractivity contribution in [3.63, 3.8) is 0 Å². The molecule has 0 bridgehead atoms. The first-order chi connectivity index (χ1) is 14.5. The molecule has 154 valence electrons. The lowest BCUT2D eigenvalue weighted by molar-refractivity contribution is -0.124. The number of nitrogens with one attached hydrogen (secondary N) is 2. The monoisotopic (exact) mass is 398 g/mol. The highest BCUT2D eigenvalue weighted by Gasteiger charge is 2.41. The summed E-state index contributed by atoms with van der Waals surface area (Å²) >= 11 is 0. The summed E-state index contributed by atoms with van der Waals surface area (Å²) in [6.45, 7) is 4.21. The third-order valence-corrected chi connectivity index (χ3v) is 6.08. The van der Waals surface area contributed by atoms with Crippen molar-refractivity contribution >= 4 is 5.91 Å². The lowest BCUT2D eigenvalue weighted by atomic mass is 9.76. The van der Waals surface area contributed by atoms with Crippen LogP contribution in [0.1, 0.15) is 49.8 Å². The van der Waals surface area contributed by atoms with Gasteiger partial charge in [-0.05, 0) is 49.8 Å². The summed E-state index contributed by atoms with van der Waals surface area (Å²) in [6, 6.07) is 31.1. The molecule has 2 N–H and O–H groups in total. The minimum absolute atomic E-state index is 0.0738. The molecule has 0 radical (unpaired) electrons. The average molecular weight is 399 g/mol. The molecular formula is C27H30N2O. The Kier molecular flexibility index (Phi) is 5.74. The Balaban J connectivity index is 1.88. The molecule has 1 atom stereocenters. The van der Waals surface area contributed by atoms with E-state index in [0.29, 0.717) is 0 Å². The van der Waals surface area contributed by atoms with Gasteiger partial charge in [-0.1, -0.05) is 91.0 Å². The number of carbonyl (C=O) groups excluding carboxylic acids is 1. The van der Waals surface area contributed by atoms with E-state index in [-0.39, 0.29) is 17.5 Å². The van der Waals surface area contributed by atoms with Crippen molar-refractivity contribution in [1.29, 1.82) is 0 Å². The summed E-state index contributed by atoms with van der Waals surface area (Å²) in [5.41, 5.74) is 2.57. The molecule has 1 amide bonds. The Labute approximate surface area is 179 Å². The maximum Gasteiger partial charge on any atom is 0.237 e. The first-order valence-electron chi connectivity index (χ1n) is 10.8. The fourth-order valence-corrected chi connectivity index (χ4v) is 4.58. The van der Waals surface area contributed by atoms with Gasteiger partial charge in [0.2, 0.25) is 5.91 Å². The molecule has 3 nitrogen and oxygen atoms in total. The molecule has 3 aromatic carbocycles. The predicted molar refractivity (Wildman–Crippen MR) is 122 cm³/mol. The van der Waals surface area contributed by atoms with Crippen LogP contribution in [0.5, 0.6) is 0 Å². The zero-order valence-corrected chi connectivity index (χ0v) is 17.8. The van der Waals surface area contributed by atoms with E-state index in [1.54, 1.807) is 0 Å². The molecule has 0 spiro atoms. The summed E-state index contributed by atoms with van der Waals surface area (Å²) in [4.78, 5) is 13.2. The van der Waals surface area contributed by atoms with E-state index in [1.165, 1.54) is 0 Å². The van der Waals surface area contributed by atoms with Crippen molar-refractivity contribution < 1.29 is 4.79 Å². The maximum absolute atomic E-state index is 13.2. The molecule has 3 heteroatoms. The Hall–Kier alpha value is -2.91. The van der Waals surface area contributed by atoms with E-state index in [0.717, 1.165) is 36.0 Å². The molecule has 0 saturated carbocycles. The van der Waals surface area contributed by atoms with Crippen molar-refractivity contribution in [1.82, 2.24) is 10.6 Å². The largest absolute Gasteiger partial charge is 0.350 e. The second kappa shape index (κ2) is 8.45. The van der Waals surface area contributed by atoms with Crippen LogP contribution in [0, 0.1) is 0 Å². The van der Waals surface area contributed by atoms with Crippen LogP contribution in [0.25, 0.3) is 0 Å². The highest BCUT2D eigenvalue weighted by atomic mass is 16.2. The number of amides is 1. The van der Waals surface area contributed by atoms with Gasteiger partial charge in [0, 0.05) is 5.54 Å². The SMILES string of the molecule is CC1(C)CCC[C@H](NC(c2ccccc2)(c2ccccc2)c2ccccc2)C(=O)N1. The van der Waals surface area contributed by atoms with Gasteiger partial charge >= 0.3 is 0 Å². The molecule has 30 heavy (non-hydrogen) atoms. The average Bonchev–Trinajstić information content (AvgIpc) is 2.90. The van der Waals surface area contributed by atoms with E-state index in [2.05, 4.69) is 97.3 Å². The normalized spacial score (nSPS) is 19.0. The minimum atomic E-state index is -0.625. The molecule has 1 aliphatic rings. The highest BCUT2D eigenvalue weighted by molar-refractivity contribution is 5.83. The van der Waals surface area contributed by atoms with Gasteiger partial charge < -0.3 is 5.32 Å². The summed E-state index contributed by atoms with van der Waals surface area (Å²) < 4.78 is 0. The molecular weight excluding hydrogens is 368 g/mol. The molecule has 4 rings (SSSR count). The van der Waals surface area contributed by atoms with Crippen LogP contribution in [-0.4, -0.2) is 17.5 Å². The summed E-state index contributed by atoms with van der Waals surface area (Å²) in [5, 5.41) is 7.08. The fraction of sp³-hybridized carbons (Fsp3) is 0.296. The van der Waals surface area contributed by atoms with Gasteiger partial charge in [-0.15, -0.1) is 0 Å². The molecule has 1 heterocycles. The van der Waals surface area contributed by atoms with Crippen LogP contribution in [0.2, 0.25) is 0 Å². The third-order valence-electron chi connectivity index (χ3n) is 6.08. The number of hydrogen-bond acceptors (Lipinski definition) is 2. The Morgan fingerprint density at radius 1 is 0.800 bits per heavy atom. The van der Waals surface area contributed by atoms with Crippen LogP contribution >= 0.6 is 0 Å². The number of hydrogen-bond donors (Lipinski definition) is 2. The number of carbonyl (C=O) groups is 1. The Bertz CT molecular complexity index is 871. The summed E-state index contributed by atoms with van der Waals surface area (Å²) in [6.07, 6.45) is 2.79. The van der Waals surface area contributed by atoms with Crippen LogP contribution in [0.15, 0.2) is 91.0 Å². The van der Waals surface area contributed by atoms with Crippen LogP contribution < -0.4 is 10.6 Å². The van der Waals surface area contributed by atoms with Gasteiger partial charge in [0.05, 0.1) is 11.6 Å². The van der Waals surface area contributed by atoms with Crippen LogP contribution in [-0.2, 0) is 10.3 Å². The second-order valence-electron chi connectivity index (χ2n) is 8.81. The van der Waals surface area contributed by atoms with Gasteiger partial charge in [-0.25, -0.2) is 0 Å². The maximum atomic E-state index is 13.2. The first-order valence-corrected chi connectivity index (χ1v) is 10.8. The molecule has 0 aliphatic carbocycles. The van der Waals surface area contributed by atoms with Gasteiger partial charge in [0.1, 0.15) is 0 Å². The molecule has 1 fully saturated rings. The standard InChI is InChI=1S/C27H30N2O/c1-26(2)20-12-19-24(25(30)29-26)28-27(21-13-6-3-7-14-21,22-15-8-4-9-16-22)23-17-10-5-11-18-23/h3-11,13-18,24,28H,12,19-20H2,1-2H3,(H,29,30)/t24-/m0/s1. The zero-order valence-electron chi connectivity index (χ0n) is 17.8. The van der Waals surface area contributed by atoms with Crippen molar-refractivity contribution in [2.45, 2.75) is 50.2 Å². The first kappa shape index (κ1) is 20.4. The molecule has 1 aliphatic heterocycles. The molecule has 0 unspecified atom stereocenters. The molecule has 0 aromatic heterocycles. The number of benzene rings is 3. The van der Waals surface area contributed by atoms with E-state index in [9.17, 15) is 4.79 Å². The smallest absolute Gasteiger partial charge is 0.237 e. The van der Waals surface area contributed by atoms with Gasteiger partial charge in [-0.2, -0.15) is 0 Å². The van der Waals surface area contributed by atoms with E-state index >= 15 is 0 Å². The Morgan fingerprint density at radius 2 is 1.23 bits per heavy atom. The van der Waals surface area contributed by atoms with E-state index < -0.39 is 5.54 Å². The highest BCUT2D eigenvalue weighted by Crippen LogP contribution is 2.38. The second-order valence-corrected chi connectivity index (χ2v) is 8.81. The molecule has 1 saturated heterocycles. The lowest BCUT2D eigenvalue weighted by Crippen LogP contribution is -2.56. The zero-order chi connectivity index (χ0) is 21.0. The van der Waals surface area contributed by atoms with Crippen molar-refractivity contribution in [3.05, 3.63) is 108 Å². The van der Waals surface area contributed by atoms with Gasteiger partial charge in [-0.3, -0.25) is 10.1 Å². The fourth-order valence-electron chi connectivity index (χ4n) is 4.58. The topological polar surface area (TPSA) is 41.1 Å². The van der Waals surface area contributed by atoms with Crippen LogP contribution in [0.3, 0.4) is 0 Å². The van der Waals surface area contributed by atoms with Crippen LogP contribution in [0.4, 0.5) is 0 Å². The predicted octanol–water partition coefficient (Wildman–Crippen LogP) is 5.02. The summed E-state index contributed by atoms with van der Waals surface area (Å²) in [5.74, 6) is 0.0738. The minimum Gasteiger partial charge on any atom is -0.350 e. The van der Waals surface area contributed by atoms with Crippen molar-refractivity contribution in [2.24, 2.45) is 0 Å². The Morgan fingerprint density at radius 3 is 1.67 bits per heavy atom. The van der Waals surface area contributed by atoms with E-state index in [1.807, 2.05) is 18.2 Å². The number of rotatable bonds is 5. The van der Waals surface area contributed by atoms with Gasteiger partial charge in [0.15, 0.2) is 0 Å². The van der Waals surface area contributed by atoms with Crippen molar-refractivity contribution in [2.75, 3.05) is 0 Å². The third kappa shape index (κ3) is 4.03. The van der Waals surface area contributed by atoms with Crippen molar-refractivity contribution in [3.8, 4) is 0 Å².